The number of carbonyl (C=O) groups is 1. The highest BCUT2D eigenvalue weighted by Gasteiger charge is 2.34. The van der Waals surface area contributed by atoms with Crippen LogP contribution in [0.3, 0.4) is 0 Å². The first-order chi connectivity index (χ1) is 23.1. The van der Waals surface area contributed by atoms with Crippen molar-refractivity contribution in [2.45, 2.75) is 50.1 Å². The fourth-order valence-electron chi connectivity index (χ4n) is 5.51. The van der Waals surface area contributed by atoms with Crippen molar-refractivity contribution in [3.63, 3.8) is 0 Å². The van der Waals surface area contributed by atoms with Crippen molar-refractivity contribution in [1.29, 1.82) is 0 Å². The van der Waals surface area contributed by atoms with Gasteiger partial charge in [-0.3, -0.25) is 9.55 Å². The Labute approximate surface area is 279 Å². The summed E-state index contributed by atoms with van der Waals surface area (Å²) < 4.78 is 74.3. The Kier molecular flexibility index (Phi) is 10.1. The predicted octanol–water partition coefficient (Wildman–Crippen LogP) is 5.63. The van der Waals surface area contributed by atoms with E-state index in [9.17, 15) is 41.8 Å². The largest absolute Gasteiger partial charge is 0.453 e. The molecule has 1 aliphatic carbocycles. The number of halogens is 5. The van der Waals surface area contributed by atoms with E-state index in [-0.39, 0.29) is 44.9 Å². The van der Waals surface area contributed by atoms with Gasteiger partial charge in [-0.25, -0.2) is 32.9 Å². The van der Waals surface area contributed by atoms with Crippen molar-refractivity contribution in [1.82, 2.24) is 24.1 Å². The lowest BCUT2D eigenvalue weighted by Crippen LogP contribution is -2.42. The molecule has 1 fully saturated rings. The minimum Gasteiger partial charge on any atom is -0.453 e. The summed E-state index contributed by atoms with van der Waals surface area (Å²) in [5.41, 5.74) is 3.01. The molecule has 49 heavy (non-hydrogen) atoms. The zero-order valence-electron chi connectivity index (χ0n) is 25.5. The van der Waals surface area contributed by atoms with Gasteiger partial charge in [-0.1, -0.05) is 12.8 Å². The summed E-state index contributed by atoms with van der Waals surface area (Å²) in [6.07, 6.45) is -1.81. The Morgan fingerprint density at radius 1 is 1.10 bits per heavy atom. The molecule has 0 aliphatic heterocycles. The first-order valence-corrected chi connectivity index (χ1v) is 15.3. The van der Waals surface area contributed by atoms with Crippen LogP contribution < -0.4 is 16.7 Å². The summed E-state index contributed by atoms with van der Waals surface area (Å²) >= 11 is 0.753. The molecule has 2 radical (unpaired) electrons. The van der Waals surface area contributed by atoms with Gasteiger partial charge in [-0.15, -0.1) is 11.3 Å². The van der Waals surface area contributed by atoms with E-state index >= 15 is 0 Å². The molecule has 5 aromatic rings. The highest BCUT2D eigenvalue weighted by atomic mass is 32.1. The van der Waals surface area contributed by atoms with Crippen molar-refractivity contribution >= 4 is 47.9 Å². The number of primary amides is 1. The second kappa shape index (κ2) is 13.9. The Hall–Kier alpha value is -4.88. The monoisotopic (exact) mass is 703 g/mol. The van der Waals surface area contributed by atoms with Crippen molar-refractivity contribution in [2.75, 3.05) is 12.4 Å². The lowest BCUT2D eigenvalue weighted by atomic mass is 10.0. The van der Waals surface area contributed by atoms with E-state index in [1.807, 2.05) is 0 Å². The van der Waals surface area contributed by atoms with Crippen molar-refractivity contribution in [3.05, 3.63) is 75.9 Å². The molecule has 1 saturated carbocycles. The number of amides is 1. The standard InChI is InChI=1S/C28H22BF5N6O3S.C2H5NO2/c29-28(42,43)40-20-13-36-23(11-19(20)39(26(40)41)15-3-1-2-4-15)38-24-10-14(16-12-35-8-7-17(16)27(32,33)34)9-18(37-24)21-5-6-22(44-21)25(30)31;1-5-2(3)4/h5-13,15,25,42-43H,1-4H2,(H,36,37,38);1H3,(H2,3,4). The predicted molar refractivity (Wildman–Crippen MR) is 170 cm³/mol. The molecule has 5 heterocycles. The SMILES string of the molecule is COC(N)=O.[B]C(O)(O)n1c(=O)n(C2CCCC2)c2cc(Nc3cc(-c4cnccc4C(F)(F)F)cc(-c4ccc(C(F)F)s4)n3)ncc21. The Morgan fingerprint density at radius 2 is 1.80 bits per heavy atom. The van der Waals surface area contributed by atoms with E-state index in [0.29, 0.717) is 27.8 Å². The summed E-state index contributed by atoms with van der Waals surface area (Å²) in [6.45, 7) is 0. The van der Waals surface area contributed by atoms with Gasteiger partial charge < -0.3 is 26.0 Å². The van der Waals surface area contributed by atoms with Gasteiger partial charge in [0.05, 0.1) is 45.4 Å². The number of aromatic nitrogens is 5. The number of alkyl halides is 5. The number of hydrogen-bond donors (Lipinski definition) is 4. The van der Waals surface area contributed by atoms with Crippen molar-refractivity contribution < 1.29 is 41.7 Å². The topological polar surface area (TPSA) is 170 Å². The number of ether oxygens (including phenoxy) is 1. The highest BCUT2D eigenvalue weighted by molar-refractivity contribution is 7.15. The number of nitrogens with one attached hydrogen (secondary N) is 1. The molecule has 0 atom stereocenters. The third kappa shape index (κ3) is 7.73. The van der Waals surface area contributed by atoms with Gasteiger partial charge in [0.1, 0.15) is 11.6 Å². The quantitative estimate of drug-likeness (QED) is 0.0953. The van der Waals surface area contributed by atoms with E-state index in [2.05, 4.69) is 30.7 Å². The number of nitrogens with zero attached hydrogens (tertiary/aromatic N) is 5. The molecule has 5 aromatic heterocycles. The number of anilines is 2. The van der Waals surface area contributed by atoms with Gasteiger partial charge in [0.2, 0.25) is 0 Å². The summed E-state index contributed by atoms with van der Waals surface area (Å²) in [5, 5.41) is 23.2. The van der Waals surface area contributed by atoms with Gasteiger partial charge >= 0.3 is 18.0 Å². The average molecular weight is 703 g/mol. The molecule has 1 aliphatic rings. The number of carbonyl (C=O) groups excluding carboxylic acids is 1. The molecule has 0 spiro atoms. The van der Waals surface area contributed by atoms with Crippen molar-refractivity contribution in [3.8, 4) is 21.7 Å². The first kappa shape index (κ1) is 35.4. The van der Waals surface area contributed by atoms with Crippen LogP contribution in [0.25, 0.3) is 32.7 Å². The van der Waals surface area contributed by atoms with Crippen LogP contribution in [0.1, 0.15) is 48.6 Å². The molecule has 12 nitrogen and oxygen atoms in total. The molecule has 256 valence electrons. The third-order valence-corrected chi connectivity index (χ3v) is 8.71. The van der Waals surface area contributed by atoms with Gasteiger partial charge in [0.15, 0.2) is 13.7 Å². The lowest BCUT2D eigenvalue weighted by molar-refractivity contribution is -0.151. The number of pyridine rings is 3. The number of aliphatic hydroxyl groups is 2. The molecule has 19 heteroatoms. The molecule has 6 rings (SSSR count). The van der Waals surface area contributed by atoms with Gasteiger partial charge in [-0.05, 0) is 48.7 Å². The minimum absolute atomic E-state index is 0.0278. The van der Waals surface area contributed by atoms with Crippen molar-refractivity contribution in [2.24, 2.45) is 5.73 Å². The van der Waals surface area contributed by atoms with Gasteiger partial charge in [-0.2, -0.15) is 13.2 Å². The van der Waals surface area contributed by atoms with E-state index in [0.717, 1.165) is 42.6 Å². The Bertz CT molecular complexity index is 2040. The number of imidazole rings is 1. The van der Waals surface area contributed by atoms with Crippen LogP contribution in [0.4, 0.5) is 38.4 Å². The number of rotatable bonds is 7. The van der Waals surface area contributed by atoms with Crippen LogP contribution in [-0.4, -0.2) is 55.3 Å². The number of fused-ring (bicyclic) bond motifs is 1. The Balaban J connectivity index is 0.000000874. The molecule has 0 saturated heterocycles. The van der Waals surface area contributed by atoms with Crippen LogP contribution in [-0.2, 0) is 16.7 Å². The Morgan fingerprint density at radius 3 is 2.39 bits per heavy atom. The highest BCUT2D eigenvalue weighted by Crippen LogP contribution is 2.40. The molecule has 1 amide bonds. The summed E-state index contributed by atoms with van der Waals surface area (Å²) in [7, 11) is 6.71. The van der Waals surface area contributed by atoms with E-state index in [1.165, 1.54) is 48.2 Å². The third-order valence-electron chi connectivity index (χ3n) is 7.59. The fraction of sp³-hybridized carbons (Fsp3) is 0.300. The maximum Gasteiger partial charge on any atom is 0.417 e. The summed E-state index contributed by atoms with van der Waals surface area (Å²) in [5.74, 6) is -2.85. The second-order valence-corrected chi connectivity index (χ2v) is 12.0. The second-order valence-electron chi connectivity index (χ2n) is 10.9. The van der Waals surface area contributed by atoms with Gasteiger partial charge in [0.25, 0.3) is 6.43 Å². The van der Waals surface area contributed by atoms with Crippen LogP contribution >= 0.6 is 11.3 Å². The maximum atomic E-state index is 13.9. The van der Waals surface area contributed by atoms with E-state index in [4.69, 9.17) is 7.85 Å². The number of hydrogen-bond acceptors (Lipinski definition) is 10. The molecular formula is C30H27BF5N7O5S. The van der Waals surface area contributed by atoms with Gasteiger partial charge in [0, 0.05) is 30.1 Å². The average Bonchev–Trinajstić information content (AvgIpc) is 3.80. The minimum atomic E-state index is -4.71. The van der Waals surface area contributed by atoms with E-state index in [1.54, 1.807) is 0 Å². The fourth-order valence-corrected chi connectivity index (χ4v) is 6.33. The van der Waals surface area contributed by atoms with Crippen LogP contribution in [0.2, 0.25) is 0 Å². The normalized spacial score (nSPS) is 13.8. The zero-order valence-corrected chi connectivity index (χ0v) is 26.3. The number of nitrogens with two attached hydrogens (primary N) is 1. The zero-order chi connectivity index (χ0) is 35.7. The summed E-state index contributed by atoms with van der Waals surface area (Å²) in [6, 6.07) is 7.40. The number of methoxy groups -OCH3 is 1. The molecule has 0 aromatic carbocycles. The van der Waals surface area contributed by atoms with Crippen LogP contribution in [0.5, 0.6) is 0 Å². The molecule has 0 unspecified atom stereocenters. The smallest absolute Gasteiger partial charge is 0.417 e. The molecule has 5 N–H and O–H groups in total. The van der Waals surface area contributed by atoms with Crippen LogP contribution in [0.15, 0.2) is 59.8 Å². The van der Waals surface area contributed by atoms with Crippen LogP contribution in [0, 0.1) is 0 Å². The molecule has 0 bridgehead atoms. The summed E-state index contributed by atoms with van der Waals surface area (Å²) in [4.78, 5) is 35.3. The maximum absolute atomic E-state index is 13.9. The lowest BCUT2D eigenvalue weighted by Gasteiger charge is -2.18. The first-order valence-electron chi connectivity index (χ1n) is 14.5. The van der Waals surface area contributed by atoms with E-state index < -0.39 is 35.8 Å². The molecular weight excluding hydrogens is 676 g/mol. The number of thiophene rings is 1.